The molecule has 0 spiro atoms. The average Bonchev–Trinajstić information content (AvgIpc) is 2.13. The van der Waals surface area contributed by atoms with E-state index in [1.807, 2.05) is 0 Å². The van der Waals surface area contributed by atoms with Crippen molar-refractivity contribution in [1.29, 1.82) is 5.26 Å². The number of methoxy groups -OCH3 is 1. The first-order chi connectivity index (χ1) is 6.31. The lowest BCUT2D eigenvalue weighted by molar-refractivity contribution is 0.179. The molecule has 0 atom stereocenters. The van der Waals surface area contributed by atoms with Gasteiger partial charge in [-0.05, 0) is 32.9 Å². The minimum Gasteiger partial charge on any atom is -0.385 e. The Bertz CT molecular complexity index is 142. The quantitative estimate of drug-likeness (QED) is 0.538. The van der Waals surface area contributed by atoms with Crippen LogP contribution in [0.4, 0.5) is 0 Å². The van der Waals surface area contributed by atoms with Gasteiger partial charge in [-0.15, -0.1) is 0 Å². The minimum atomic E-state index is 0.686. The molecule has 0 rings (SSSR count). The number of ether oxygens (including phenoxy) is 1. The van der Waals surface area contributed by atoms with Crippen LogP contribution in [0.3, 0.4) is 0 Å². The van der Waals surface area contributed by atoms with Gasteiger partial charge in [0.1, 0.15) is 0 Å². The molecular weight excluding hydrogens is 164 g/mol. The molecule has 0 aromatic carbocycles. The van der Waals surface area contributed by atoms with Gasteiger partial charge in [0.15, 0.2) is 0 Å². The smallest absolute Gasteiger partial charge is 0.0621 e. The molecule has 0 unspecified atom stereocenters. The van der Waals surface area contributed by atoms with Crippen LogP contribution in [0.2, 0.25) is 0 Å². The summed E-state index contributed by atoms with van der Waals surface area (Å²) in [7, 11) is 3.84. The lowest BCUT2D eigenvalue weighted by Crippen LogP contribution is -2.21. The first kappa shape index (κ1) is 12.4. The molecule has 76 valence electrons. The summed E-state index contributed by atoms with van der Waals surface area (Å²) in [5, 5.41) is 8.32. The summed E-state index contributed by atoms with van der Waals surface area (Å²) in [5.41, 5.74) is 0. The third-order valence-electron chi connectivity index (χ3n) is 1.97. The van der Waals surface area contributed by atoms with Crippen molar-refractivity contribution in [3.05, 3.63) is 0 Å². The second-order valence-electron chi connectivity index (χ2n) is 3.26. The van der Waals surface area contributed by atoms with E-state index < -0.39 is 0 Å². The van der Waals surface area contributed by atoms with Gasteiger partial charge in [-0.3, -0.25) is 0 Å². The van der Waals surface area contributed by atoms with Gasteiger partial charge in [0.2, 0.25) is 0 Å². The van der Waals surface area contributed by atoms with Crippen molar-refractivity contribution in [2.24, 2.45) is 0 Å². The fourth-order valence-electron chi connectivity index (χ4n) is 1.18. The van der Waals surface area contributed by atoms with Crippen molar-refractivity contribution in [2.75, 3.05) is 33.9 Å². The Morgan fingerprint density at radius 2 is 1.92 bits per heavy atom. The van der Waals surface area contributed by atoms with E-state index in [2.05, 4.69) is 18.0 Å². The molecule has 0 aliphatic heterocycles. The summed E-state index contributed by atoms with van der Waals surface area (Å²) in [5.74, 6) is 0. The Labute approximate surface area is 81.3 Å². The maximum Gasteiger partial charge on any atom is 0.0621 e. The SMILES string of the molecule is COCCCN(C)CCCCC#N. The summed E-state index contributed by atoms with van der Waals surface area (Å²) in [6.07, 6.45) is 3.92. The van der Waals surface area contributed by atoms with E-state index in [4.69, 9.17) is 10.00 Å². The van der Waals surface area contributed by atoms with Crippen LogP contribution in [0.5, 0.6) is 0 Å². The summed E-state index contributed by atoms with van der Waals surface area (Å²) < 4.78 is 4.97. The highest BCUT2D eigenvalue weighted by atomic mass is 16.5. The Morgan fingerprint density at radius 1 is 1.23 bits per heavy atom. The third-order valence-corrected chi connectivity index (χ3v) is 1.97. The predicted octanol–water partition coefficient (Wildman–Crippen LogP) is 1.65. The molecule has 0 N–H and O–H groups in total. The first-order valence-electron chi connectivity index (χ1n) is 4.85. The molecule has 0 aliphatic carbocycles. The van der Waals surface area contributed by atoms with E-state index in [9.17, 15) is 0 Å². The lowest BCUT2D eigenvalue weighted by Gasteiger charge is -2.15. The van der Waals surface area contributed by atoms with Crippen molar-refractivity contribution in [3.8, 4) is 6.07 Å². The van der Waals surface area contributed by atoms with Crippen LogP contribution in [0, 0.1) is 11.3 Å². The van der Waals surface area contributed by atoms with Crippen molar-refractivity contribution in [3.63, 3.8) is 0 Å². The van der Waals surface area contributed by atoms with Gasteiger partial charge >= 0.3 is 0 Å². The summed E-state index contributed by atoms with van der Waals surface area (Å²) in [4.78, 5) is 2.29. The molecule has 0 fully saturated rings. The highest BCUT2D eigenvalue weighted by molar-refractivity contribution is 4.68. The second-order valence-corrected chi connectivity index (χ2v) is 3.26. The molecule has 0 saturated carbocycles. The molecular formula is C10H20N2O. The number of nitrogens with zero attached hydrogens (tertiary/aromatic N) is 2. The molecule has 13 heavy (non-hydrogen) atoms. The Balaban J connectivity index is 3.11. The molecule has 0 aromatic rings. The Morgan fingerprint density at radius 3 is 2.54 bits per heavy atom. The molecule has 0 aliphatic rings. The zero-order valence-corrected chi connectivity index (χ0v) is 8.75. The molecule has 0 saturated heterocycles. The van der Waals surface area contributed by atoms with Gasteiger partial charge in [0.05, 0.1) is 6.07 Å². The topological polar surface area (TPSA) is 36.3 Å². The minimum absolute atomic E-state index is 0.686. The van der Waals surface area contributed by atoms with Crippen molar-refractivity contribution < 1.29 is 4.74 Å². The zero-order valence-electron chi connectivity index (χ0n) is 8.75. The number of hydrogen-bond acceptors (Lipinski definition) is 3. The van der Waals surface area contributed by atoms with Gasteiger partial charge in [0.25, 0.3) is 0 Å². The van der Waals surface area contributed by atoms with E-state index in [-0.39, 0.29) is 0 Å². The fraction of sp³-hybridized carbons (Fsp3) is 0.900. The predicted molar refractivity (Wildman–Crippen MR) is 53.5 cm³/mol. The zero-order chi connectivity index (χ0) is 9.94. The molecule has 0 amide bonds. The van der Waals surface area contributed by atoms with Gasteiger partial charge in [0, 0.05) is 26.7 Å². The van der Waals surface area contributed by atoms with Crippen molar-refractivity contribution in [2.45, 2.75) is 25.7 Å². The summed E-state index contributed by atoms with van der Waals surface area (Å²) >= 11 is 0. The van der Waals surface area contributed by atoms with Crippen molar-refractivity contribution in [1.82, 2.24) is 4.90 Å². The number of hydrogen-bond donors (Lipinski definition) is 0. The first-order valence-corrected chi connectivity index (χ1v) is 4.85. The summed E-state index contributed by atoms with van der Waals surface area (Å²) in [6.45, 7) is 3.01. The molecule has 3 nitrogen and oxygen atoms in total. The third kappa shape index (κ3) is 9.32. The standard InChI is InChI=1S/C10H20N2O/c1-12(9-6-10-13-2)8-5-3-4-7-11/h3-6,8-10H2,1-2H3. The largest absolute Gasteiger partial charge is 0.385 e. The molecule has 0 bridgehead atoms. The maximum atomic E-state index is 8.32. The van der Waals surface area contributed by atoms with Crippen LogP contribution >= 0.6 is 0 Å². The normalized spacial score (nSPS) is 10.3. The molecule has 0 heterocycles. The molecule has 0 radical (unpaired) electrons. The second kappa shape index (κ2) is 9.50. The van der Waals surface area contributed by atoms with E-state index in [0.717, 1.165) is 39.0 Å². The Kier molecular flexibility index (Phi) is 9.07. The van der Waals surface area contributed by atoms with Crippen LogP contribution < -0.4 is 0 Å². The lowest BCUT2D eigenvalue weighted by atomic mass is 10.2. The average molecular weight is 184 g/mol. The highest BCUT2D eigenvalue weighted by Gasteiger charge is 1.96. The monoisotopic (exact) mass is 184 g/mol. The van der Waals surface area contributed by atoms with Gasteiger partial charge in [-0.25, -0.2) is 0 Å². The van der Waals surface area contributed by atoms with E-state index in [0.29, 0.717) is 6.42 Å². The van der Waals surface area contributed by atoms with Crippen molar-refractivity contribution >= 4 is 0 Å². The highest BCUT2D eigenvalue weighted by Crippen LogP contribution is 1.97. The van der Waals surface area contributed by atoms with Crippen LogP contribution in [-0.4, -0.2) is 38.8 Å². The molecule has 3 heteroatoms. The maximum absolute atomic E-state index is 8.32. The van der Waals surface area contributed by atoms with E-state index in [1.54, 1.807) is 7.11 Å². The van der Waals surface area contributed by atoms with Crippen LogP contribution in [0.25, 0.3) is 0 Å². The van der Waals surface area contributed by atoms with Gasteiger partial charge < -0.3 is 9.64 Å². The van der Waals surface area contributed by atoms with E-state index >= 15 is 0 Å². The number of unbranched alkanes of at least 4 members (excludes halogenated alkanes) is 2. The van der Waals surface area contributed by atoms with Gasteiger partial charge in [-0.2, -0.15) is 5.26 Å². The summed E-state index contributed by atoms with van der Waals surface area (Å²) in [6, 6.07) is 2.16. The van der Waals surface area contributed by atoms with Crippen LogP contribution in [0.15, 0.2) is 0 Å². The molecule has 0 aromatic heterocycles. The van der Waals surface area contributed by atoms with Crippen LogP contribution in [0.1, 0.15) is 25.7 Å². The number of rotatable bonds is 8. The van der Waals surface area contributed by atoms with E-state index in [1.165, 1.54) is 0 Å². The fourth-order valence-corrected chi connectivity index (χ4v) is 1.18. The van der Waals surface area contributed by atoms with Gasteiger partial charge in [-0.1, -0.05) is 0 Å². The van der Waals surface area contributed by atoms with Crippen LogP contribution in [-0.2, 0) is 4.74 Å². The Hall–Kier alpha value is -0.590. The number of nitriles is 1.